The van der Waals surface area contributed by atoms with Gasteiger partial charge in [-0.3, -0.25) is 19.7 Å². The van der Waals surface area contributed by atoms with Gasteiger partial charge in [0, 0.05) is 38.7 Å². The van der Waals surface area contributed by atoms with E-state index >= 15 is 0 Å². The van der Waals surface area contributed by atoms with Crippen LogP contribution in [0.1, 0.15) is 44.0 Å². The molecule has 0 aliphatic carbocycles. The van der Waals surface area contributed by atoms with E-state index in [0.29, 0.717) is 44.0 Å². The van der Waals surface area contributed by atoms with Crippen LogP contribution in [0.3, 0.4) is 0 Å². The zero-order chi connectivity index (χ0) is 23.9. The lowest BCUT2D eigenvalue weighted by Crippen LogP contribution is -2.59. The quantitative estimate of drug-likeness (QED) is 0.667. The molecule has 10 nitrogen and oxygen atoms in total. The standard InChI is InChI=1S/C23H30N4O6/c1-23(2,3)33-22(31)26-9-10-27-15(12-26)13-32-18-11-14(5-6-16(18)27)21(30)25(4)17-7-8-19(28)24-20(17)29/h5-6,11,15,17H,7-10,12-13H2,1-4H3,(H,24,28,29)/t15-,17?/m1/s1. The number of hydrogen-bond donors (Lipinski definition) is 1. The van der Waals surface area contributed by atoms with Gasteiger partial charge in [-0.25, -0.2) is 4.79 Å². The van der Waals surface area contributed by atoms with Gasteiger partial charge in [0.1, 0.15) is 24.0 Å². The fourth-order valence-corrected chi connectivity index (χ4v) is 4.39. The highest BCUT2D eigenvalue weighted by Gasteiger charge is 2.37. The van der Waals surface area contributed by atoms with E-state index < -0.39 is 17.6 Å². The van der Waals surface area contributed by atoms with Crippen molar-refractivity contribution in [2.24, 2.45) is 0 Å². The van der Waals surface area contributed by atoms with Crippen molar-refractivity contribution < 1.29 is 28.7 Å². The number of nitrogens with zero attached hydrogens (tertiary/aromatic N) is 3. The average Bonchev–Trinajstić information content (AvgIpc) is 2.76. The number of likely N-dealkylation sites (N-methyl/N-ethyl adjacent to an activating group) is 1. The summed E-state index contributed by atoms with van der Waals surface area (Å²) < 4.78 is 11.5. The second-order valence-electron chi connectivity index (χ2n) is 9.65. The summed E-state index contributed by atoms with van der Waals surface area (Å²) in [6.07, 6.45) is 0.182. The molecule has 4 amide bonds. The molecule has 1 N–H and O–H groups in total. The lowest BCUT2D eigenvalue weighted by Gasteiger charge is -2.45. The van der Waals surface area contributed by atoms with Crippen LogP contribution >= 0.6 is 0 Å². The van der Waals surface area contributed by atoms with Gasteiger partial charge in [0.2, 0.25) is 11.8 Å². The van der Waals surface area contributed by atoms with Gasteiger partial charge >= 0.3 is 6.09 Å². The van der Waals surface area contributed by atoms with Crippen molar-refractivity contribution >= 4 is 29.5 Å². The third-order valence-corrected chi connectivity index (χ3v) is 6.08. The monoisotopic (exact) mass is 458 g/mol. The fraction of sp³-hybridized carbons (Fsp3) is 0.565. The Hall–Kier alpha value is -3.30. The fourth-order valence-electron chi connectivity index (χ4n) is 4.39. The topological polar surface area (TPSA) is 108 Å². The van der Waals surface area contributed by atoms with Crippen LogP contribution in [0, 0.1) is 0 Å². The van der Waals surface area contributed by atoms with Crippen LogP contribution in [-0.2, 0) is 14.3 Å². The van der Waals surface area contributed by atoms with Crippen LogP contribution in [-0.4, -0.2) is 84.6 Å². The summed E-state index contributed by atoms with van der Waals surface area (Å²) in [5.74, 6) is -0.491. The van der Waals surface area contributed by atoms with Gasteiger partial charge in [-0.1, -0.05) is 0 Å². The lowest BCUT2D eigenvalue weighted by atomic mass is 10.0. The van der Waals surface area contributed by atoms with Gasteiger partial charge in [0.05, 0.1) is 11.7 Å². The third-order valence-electron chi connectivity index (χ3n) is 6.08. The van der Waals surface area contributed by atoms with Gasteiger partial charge in [0.25, 0.3) is 5.91 Å². The molecule has 0 radical (unpaired) electrons. The van der Waals surface area contributed by atoms with Gasteiger partial charge in [-0.05, 0) is 45.4 Å². The molecule has 1 aromatic carbocycles. The molecule has 10 heteroatoms. The molecule has 2 fully saturated rings. The predicted molar refractivity (Wildman–Crippen MR) is 119 cm³/mol. The van der Waals surface area contributed by atoms with Crippen LogP contribution in [0.15, 0.2) is 18.2 Å². The maximum Gasteiger partial charge on any atom is 0.410 e. The molecule has 4 rings (SSSR count). The van der Waals surface area contributed by atoms with Crippen molar-refractivity contribution in [1.29, 1.82) is 0 Å². The Morgan fingerprint density at radius 3 is 2.67 bits per heavy atom. The Bertz CT molecular complexity index is 988. The summed E-state index contributed by atoms with van der Waals surface area (Å²) in [7, 11) is 1.56. The SMILES string of the molecule is CN(C(=O)c1ccc2c(c1)OC[C@H]1CN(C(=O)OC(C)(C)C)CCN21)C1CCC(=O)NC1=O. The number of benzene rings is 1. The van der Waals surface area contributed by atoms with E-state index in [-0.39, 0.29) is 30.4 Å². The molecule has 1 aromatic rings. The van der Waals surface area contributed by atoms with E-state index in [2.05, 4.69) is 10.2 Å². The highest BCUT2D eigenvalue weighted by molar-refractivity contribution is 6.04. The molecule has 3 aliphatic heterocycles. The average molecular weight is 459 g/mol. The predicted octanol–water partition coefficient (Wildman–Crippen LogP) is 1.38. The summed E-state index contributed by atoms with van der Waals surface area (Å²) in [5, 5.41) is 2.28. The van der Waals surface area contributed by atoms with E-state index in [9.17, 15) is 19.2 Å². The molecule has 33 heavy (non-hydrogen) atoms. The summed E-state index contributed by atoms with van der Waals surface area (Å²) in [4.78, 5) is 54.2. The minimum atomic E-state index is -0.683. The molecule has 0 spiro atoms. The van der Waals surface area contributed by atoms with Crippen molar-refractivity contribution in [3.63, 3.8) is 0 Å². The number of hydrogen-bond acceptors (Lipinski definition) is 7. The molecule has 0 saturated carbocycles. The highest BCUT2D eigenvalue weighted by atomic mass is 16.6. The minimum Gasteiger partial charge on any atom is -0.489 e. The Kier molecular flexibility index (Phi) is 5.94. The second kappa shape index (κ2) is 8.57. The van der Waals surface area contributed by atoms with Gasteiger partial charge in [0.15, 0.2) is 0 Å². The molecule has 3 heterocycles. The van der Waals surface area contributed by atoms with Crippen LogP contribution in [0.25, 0.3) is 0 Å². The molecule has 3 aliphatic rings. The number of imide groups is 1. The molecule has 0 bridgehead atoms. The Labute approximate surface area is 192 Å². The van der Waals surface area contributed by atoms with Gasteiger partial charge < -0.3 is 24.2 Å². The largest absolute Gasteiger partial charge is 0.489 e. The van der Waals surface area contributed by atoms with Crippen LogP contribution < -0.4 is 15.0 Å². The van der Waals surface area contributed by atoms with Crippen molar-refractivity contribution in [3.8, 4) is 5.75 Å². The van der Waals surface area contributed by atoms with Crippen molar-refractivity contribution in [1.82, 2.24) is 15.1 Å². The van der Waals surface area contributed by atoms with E-state index in [0.717, 1.165) is 5.69 Å². The van der Waals surface area contributed by atoms with Crippen molar-refractivity contribution in [2.45, 2.75) is 51.3 Å². The second-order valence-corrected chi connectivity index (χ2v) is 9.65. The number of fused-ring (bicyclic) bond motifs is 3. The first-order valence-corrected chi connectivity index (χ1v) is 11.2. The number of nitrogens with one attached hydrogen (secondary N) is 1. The van der Waals surface area contributed by atoms with Crippen molar-refractivity contribution in [3.05, 3.63) is 23.8 Å². The van der Waals surface area contributed by atoms with E-state index in [1.54, 1.807) is 24.1 Å². The molecule has 2 saturated heterocycles. The zero-order valence-corrected chi connectivity index (χ0v) is 19.4. The molecular formula is C23H30N4O6. The molecule has 0 aromatic heterocycles. The first kappa shape index (κ1) is 22.9. The maximum atomic E-state index is 13.0. The Balaban J connectivity index is 1.44. The number of amides is 4. The number of carbonyl (C=O) groups is 4. The maximum absolute atomic E-state index is 13.0. The number of piperazine rings is 1. The van der Waals surface area contributed by atoms with Crippen LogP contribution in [0.2, 0.25) is 0 Å². The van der Waals surface area contributed by atoms with Crippen molar-refractivity contribution in [2.75, 3.05) is 38.2 Å². The lowest BCUT2D eigenvalue weighted by molar-refractivity contribution is -0.136. The highest BCUT2D eigenvalue weighted by Crippen LogP contribution is 2.36. The van der Waals surface area contributed by atoms with E-state index in [1.807, 2.05) is 26.8 Å². The number of ether oxygens (including phenoxy) is 2. The first-order valence-electron chi connectivity index (χ1n) is 11.2. The molecule has 2 atom stereocenters. The summed E-state index contributed by atoms with van der Waals surface area (Å²) >= 11 is 0. The third kappa shape index (κ3) is 4.74. The van der Waals surface area contributed by atoms with Crippen LogP contribution in [0.5, 0.6) is 5.75 Å². The van der Waals surface area contributed by atoms with E-state index in [1.165, 1.54) is 4.90 Å². The molecular weight excluding hydrogens is 428 g/mol. The smallest absolute Gasteiger partial charge is 0.410 e. The zero-order valence-electron chi connectivity index (χ0n) is 19.4. The molecule has 1 unspecified atom stereocenters. The number of piperidine rings is 1. The Morgan fingerprint density at radius 1 is 1.21 bits per heavy atom. The number of anilines is 1. The number of carbonyl (C=O) groups excluding carboxylic acids is 4. The summed E-state index contributed by atoms with van der Waals surface area (Å²) in [5.41, 5.74) is 0.732. The summed E-state index contributed by atoms with van der Waals surface area (Å²) in [6.45, 7) is 7.57. The van der Waals surface area contributed by atoms with E-state index in [4.69, 9.17) is 9.47 Å². The van der Waals surface area contributed by atoms with Gasteiger partial charge in [-0.15, -0.1) is 0 Å². The van der Waals surface area contributed by atoms with Gasteiger partial charge in [-0.2, -0.15) is 0 Å². The summed E-state index contributed by atoms with van der Waals surface area (Å²) in [6, 6.07) is 4.56. The first-order chi connectivity index (χ1) is 15.5. The van der Waals surface area contributed by atoms with Crippen LogP contribution in [0.4, 0.5) is 10.5 Å². The minimum absolute atomic E-state index is 0.00790. The number of rotatable bonds is 2. The Morgan fingerprint density at radius 2 is 1.97 bits per heavy atom. The molecule has 178 valence electrons. The normalized spacial score (nSPS) is 22.5.